The summed E-state index contributed by atoms with van der Waals surface area (Å²) in [7, 11) is 1.33. The van der Waals surface area contributed by atoms with Crippen molar-refractivity contribution in [1.82, 2.24) is 4.57 Å². The van der Waals surface area contributed by atoms with Gasteiger partial charge in [0, 0.05) is 22.8 Å². The number of carbonyl (C=O) groups is 2. The second-order valence-corrected chi connectivity index (χ2v) is 7.04. The lowest BCUT2D eigenvalue weighted by molar-refractivity contribution is -0.116. The van der Waals surface area contributed by atoms with E-state index in [9.17, 15) is 14.9 Å². The molecule has 1 amide bonds. The molecule has 0 saturated heterocycles. The van der Waals surface area contributed by atoms with Crippen LogP contribution in [0.15, 0.2) is 54.7 Å². The van der Waals surface area contributed by atoms with Crippen LogP contribution in [0.5, 0.6) is 0 Å². The minimum Gasteiger partial charge on any atom is -0.465 e. The highest BCUT2D eigenvalue weighted by Crippen LogP contribution is 2.24. The van der Waals surface area contributed by atoms with Crippen molar-refractivity contribution in [3.8, 4) is 6.07 Å². The molecule has 0 spiro atoms. The molecule has 3 aromatic rings. The Morgan fingerprint density at radius 2 is 1.82 bits per heavy atom. The van der Waals surface area contributed by atoms with Crippen LogP contribution in [0.2, 0.25) is 0 Å². The third-order valence-electron chi connectivity index (χ3n) is 4.68. The van der Waals surface area contributed by atoms with Gasteiger partial charge in [-0.05, 0) is 37.6 Å². The van der Waals surface area contributed by atoms with Crippen LogP contribution in [0, 0.1) is 11.3 Å². The van der Waals surface area contributed by atoms with Crippen LogP contribution in [0.3, 0.4) is 0 Å². The molecule has 28 heavy (non-hydrogen) atoms. The minimum atomic E-state index is -0.586. The zero-order valence-electron chi connectivity index (χ0n) is 16.0. The number of rotatable bonds is 5. The number of amides is 1. The van der Waals surface area contributed by atoms with Gasteiger partial charge in [0.25, 0.3) is 0 Å². The van der Waals surface area contributed by atoms with Gasteiger partial charge in [0.1, 0.15) is 6.54 Å². The predicted octanol–water partition coefficient (Wildman–Crippen LogP) is 3.87. The van der Waals surface area contributed by atoms with E-state index in [4.69, 9.17) is 4.74 Å². The van der Waals surface area contributed by atoms with Crippen molar-refractivity contribution in [2.45, 2.75) is 25.8 Å². The summed E-state index contributed by atoms with van der Waals surface area (Å²) in [6.45, 7) is 3.75. The lowest BCUT2D eigenvalue weighted by Crippen LogP contribution is -2.19. The predicted molar refractivity (Wildman–Crippen MR) is 107 cm³/mol. The molecule has 2 aromatic carbocycles. The van der Waals surface area contributed by atoms with E-state index >= 15 is 0 Å². The van der Waals surface area contributed by atoms with Gasteiger partial charge in [-0.3, -0.25) is 4.79 Å². The number of nitrogens with one attached hydrogen (secondary N) is 1. The second kappa shape index (κ2) is 7.57. The molecule has 0 unspecified atom stereocenters. The number of hydrogen-bond acceptors (Lipinski definition) is 4. The van der Waals surface area contributed by atoms with Crippen molar-refractivity contribution in [2.24, 2.45) is 0 Å². The summed E-state index contributed by atoms with van der Waals surface area (Å²) in [5.74, 6) is -0.657. The summed E-state index contributed by atoms with van der Waals surface area (Å²) in [6.07, 6.45) is 1.63. The zero-order valence-corrected chi connectivity index (χ0v) is 16.0. The van der Waals surface area contributed by atoms with Crippen molar-refractivity contribution < 1.29 is 14.3 Å². The monoisotopic (exact) mass is 375 g/mol. The van der Waals surface area contributed by atoms with Gasteiger partial charge in [0.05, 0.1) is 24.2 Å². The molecule has 0 radical (unpaired) electrons. The Hall–Kier alpha value is -3.59. The molecule has 0 bridgehead atoms. The topological polar surface area (TPSA) is 84.1 Å². The molecule has 1 aromatic heterocycles. The number of benzene rings is 2. The van der Waals surface area contributed by atoms with Crippen LogP contribution in [0.1, 0.15) is 29.8 Å². The van der Waals surface area contributed by atoms with E-state index in [2.05, 4.69) is 11.4 Å². The number of carbonyl (C=O) groups excluding carboxylic acids is 2. The molecule has 0 fully saturated rings. The third kappa shape index (κ3) is 3.74. The van der Waals surface area contributed by atoms with Crippen molar-refractivity contribution in [3.05, 3.63) is 65.9 Å². The summed E-state index contributed by atoms with van der Waals surface area (Å²) in [6, 6.07) is 16.8. The van der Waals surface area contributed by atoms with Gasteiger partial charge >= 0.3 is 5.97 Å². The van der Waals surface area contributed by atoms with Crippen LogP contribution in [-0.2, 0) is 21.5 Å². The molecule has 142 valence electrons. The Balaban J connectivity index is 1.79. The molecule has 1 heterocycles. The number of nitriles is 1. The lowest BCUT2D eigenvalue weighted by atomic mass is 9.86. The highest BCUT2D eigenvalue weighted by atomic mass is 16.5. The van der Waals surface area contributed by atoms with Crippen molar-refractivity contribution in [1.29, 1.82) is 5.26 Å². The Labute approximate surface area is 163 Å². The standard InChI is InChI=1S/C22H21N3O3/c1-22(2,14-23)15-8-10-16(11-9-15)24-20(26)13-25-12-18(21(27)28-3)17-6-4-5-7-19(17)25/h4-12H,13H2,1-3H3,(H,24,26). The van der Waals surface area contributed by atoms with E-state index in [1.54, 1.807) is 22.9 Å². The maximum absolute atomic E-state index is 12.5. The van der Waals surface area contributed by atoms with E-state index in [1.807, 2.05) is 50.2 Å². The molecule has 0 aliphatic rings. The largest absolute Gasteiger partial charge is 0.465 e. The average Bonchev–Trinajstić information content (AvgIpc) is 3.06. The number of esters is 1. The maximum Gasteiger partial charge on any atom is 0.340 e. The fraction of sp³-hybridized carbons (Fsp3) is 0.227. The zero-order chi connectivity index (χ0) is 20.3. The van der Waals surface area contributed by atoms with Gasteiger partial charge in [-0.2, -0.15) is 5.26 Å². The van der Waals surface area contributed by atoms with E-state index in [1.165, 1.54) is 7.11 Å². The Kier molecular flexibility index (Phi) is 5.18. The molecule has 6 heteroatoms. The van der Waals surface area contributed by atoms with Gasteiger partial charge in [-0.1, -0.05) is 30.3 Å². The first-order valence-electron chi connectivity index (χ1n) is 8.83. The quantitative estimate of drug-likeness (QED) is 0.686. The van der Waals surface area contributed by atoms with Crippen LogP contribution in [0.4, 0.5) is 5.69 Å². The van der Waals surface area contributed by atoms with E-state index in [0.29, 0.717) is 11.3 Å². The molecule has 3 rings (SSSR count). The number of fused-ring (bicyclic) bond motifs is 1. The number of hydrogen-bond donors (Lipinski definition) is 1. The summed E-state index contributed by atoms with van der Waals surface area (Å²) < 4.78 is 6.56. The van der Waals surface area contributed by atoms with Gasteiger partial charge in [0.15, 0.2) is 0 Å². The minimum absolute atomic E-state index is 0.0585. The SMILES string of the molecule is COC(=O)c1cn(CC(=O)Nc2ccc(C(C)(C)C#N)cc2)c2ccccc12. The van der Waals surface area contributed by atoms with Gasteiger partial charge in [-0.15, -0.1) is 0 Å². The fourth-order valence-electron chi connectivity index (χ4n) is 3.04. The summed E-state index contributed by atoms with van der Waals surface area (Å²) >= 11 is 0. The number of ether oxygens (including phenoxy) is 1. The Morgan fingerprint density at radius 3 is 2.46 bits per heavy atom. The molecule has 6 nitrogen and oxygen atoms in total. The van der Waals surface area contributed by atoms with E-state index < -0.39 is 11.4 Å². The molecule has 1 N–H and O–H groups in total. The summed E-state index contributed by atoms with van der Waals surface area (Å²) in [5, 5.41) is 12.8. The first-order chi connectivity index (χ1) is 13.4. The molecular weight excluding hydrogens is 354 g/mol. The number of methoxy groups -OCH3 is 1. The molecule has 0 aliphatic carbocycles. The first kappa shape index (κ1) is 19.2. The van der Waals surface area contributed by atoms with Crippen LogP contribution in [-0.4, -0.2) is 23.6 Å². The Bertz CT molecular complexity index is 1070. The maximum atomic E-state index is 12.5. The second-order valence-electron chi connectivity index (χ2n) is 7.04. The van der Waals surface area contributed by atoms with Crippen LogP contribution < -0.4 is 5.32 Å². The van der Waals surface area contributed by atoms with Gasteiger partial charge in [0.2, 0.25) is 5.91 Å². The van der Waals surface area contributed by atoms with Crippen molar-refractivity contribution >= 4 is 28.5 Å². The number of nitrogens with zero attached hydrogens (tertiary/aromatic N) is 2. The molecule has 0 saturated carbocycles. The highest BCUT2D eigenvalue weighted by Gasteiger charge is 2.20. The Morgan fingerprint density at radius 1 is 1.14 bits per heavy atom. The van der Waals surface area contributed by atoms with Crippen molar-refractivity contribution in [2.75, 3.05) is 12.4 Å². The molecule has 0 aliphatic heterocycles. The number of para-hydroxylation sites is 1. The molecular formula is C22H21N3O3. The van der Waals surface area contributed by atoms with Crippen LogP contribution in [0.25, 0.3) is 10.9 Å². The van der Waals surface area contributed by atoms with Gasteiger partial charge < -0.3 is 14.6 Å². The fourth-order valence-corrected chi connectivity index (χ4v) is 3.04. The van der Waals surface area contributed by atoms with E-state index in [-0.39, 0.29) is 12.5 Å². The van der Waals surface area contributed by atoms with Gasteiger partial charge in [-0.25, -0.2) is 4.79 Å². The van der Waals surface area contributed by atoms with Crippen molar-refractivity contribution in [3.63, 3.8) is 0 Å². The average molecular weight is 375 g/mol. The number of anilines is 1. The number of aromatic nitrogens is 1. The summed E-state index contributed by atoms with van der Waals surface area (Å²) in [5.41, 5.74) is 2.15. The smallest absolute Gasteiger partial charge is 0.340 e. The normalized spacial score (nSPS) is 11.1. The first-order valence-corrected chi connectivity index (χ1v) is 8.83. The highest BCUT2D eigenvalue weighted by molar-refractivity contribution is 6.04. The lowest BCUT2D eigenvalue weighted by Gasteiger charge is -2.16. The summed E-state index contributed by atoms with van der Waals surface area (Å²) in [4.78, 5) is 24.5. The van der Waals surface area contributed by atoms with E-state index in [0.717, 1.165) is 16.5 Å². The third-order valence-corrected chi connectivity index (χ3v) is 4.68. The molecule has 0 atom stereocenters. The van der Waals surface area contributed by atoms with Crippen LogP contribution >= 0.6 is 0 Å².